The van der Waals surface area contributed by atoms with Crippen LogP contribution in [0.25, 0.3) is 0 Å². The molecule has 1 aromatic rings. The van der Waals surface area contributed by atoms with Gasteiger partial charge in [0.1, 0.15) is 0 Å². The van der Waals surface area contributed by atoms with E-state index in [2.05, 4.69) is 6.58 Å². The number of hydrogen-bond acceptors (Lipinski definition) is 3. The van der Waals surface area contributed by atoms with Gasteiger partial charge in [0, 0.05) is 5.56 Å². The Hall–Kier alpha value is -1.33. The molecule has 0 N–H and O–H groups in total. The second kappa shape index (κ2) is 4.89. The van der Waals surface area contributed by atoms with Crippen LogP contribution >= 0.6 is 0 Å². The summed E-state index contributed by atoms with van der Waals surface area (Å²) in [5.41, 5.74) is 1.57. The number of hydrogen-bond donors (Lipinski definition) is 0. The van der Waals surface area contributed by atoms with Gasteiger partial charge in [0.15, 0.2) is 0 Å². The Bertz CT molecular complexity index is 510. The normalized spacial score (nSPS) is 18.9. The summed E-state index contributed by atoms with van der Waals surface area (Å²) < 4.78 is 30.9. The number of fused-ring (bicyclic) bond motifs is 1. The fraction of sp³-hybridized carbons (Fsp3) is 0.333. The largest absolute Gasteiger partial charge is 0.376 e. The van der Waals surface area contributed by atoms with E-state index in [4.69, 9.17) is 4.74 Å². The number of ether oxygens (including phenoxy) is 1. The van der Waals surface area contributed by atoms with Crippen molar-refractivity contribution in [2.24, 2.45) is 0 Å². The number of rotatable bonds is 2. The van der Waals surface area contributed by atoms with E-state index in [1.54, 1.807) is 12.1 Å². The Morgan fingerprint density at radius 3 is 2.94 bits per heavy atom. The first kappa shape index (κ1) is 12.1. The molecule has 1 heterocycles. The first-order chi connectivity index (χ1) is 8.15. The van der Waals surface area contributed by atoms with Gasteiger partial charge in [0.25, 0.3) is 0 Å². The highest BCUT2D eigenvalue weighted by molar-refractivity contribution is 7.92. The molecule has 1 aliphatic heterocycles. The first-order valence-electron chi connectivity index (χ1n) is 5.42. The number of para-hydroxylation sites is 1. The van der Waals surface area contributed by atoms with Gasteiger partial charge in [0.2, 0.25) is 10.0 Å². The predicted molar refractivity (Wildman–Crippen MR) is 67.4 cm³/mol. The standard InChI is InChI=1S/C12H15NO3S/c1-2-7-13-12-6-4-3-5-11(12)10-16-8-9-17(13,14)15/h2-6H,1,7-10H2. The molecule has 0 bridgehead atoms. The zero-order valence-electron chi connectivity index (χ0n) is 9.50. The lowest BCUT2D eigenvalue weighted by Gasteiger charge is -2.27. The van der Waals surface area contributed by atoms with Crippen LogP contribution in [0, 0.1) is 0 Å². The highest BCUT2D eigenvalue weighted by Crippen LogP contribution is 2.25. The molecular formula is C12H15NO3S. The summed E-state index contributed by atoms with van der Waals surface area (Å²) in [6, 6.07) is 7.38. The van der Waals surface area contributed by atoms with Gasteiger partial charge in [-0.2, -0.15) is 0 Å². The fourth-order valence-electron chi connectivity index (χ4n) is 1.81. The molecule has 92 valence electrons. The fourth-order valence-corrected chi connectivity index (χ4v) is 3.17. The average Bonchev–Trinajstić information content (AvgIpc) is 2.31. The minimum Gasteiger partial charge on any atom is -0.376 e. The van der Waals surface area contributed by atoms with Crippen molar-refractivity contribution in [3.63, 3.8) is 0 Å². The third-order valence-electron chi connectivity index (χ3n) is 2.63. The maximum atomic E-state index is 12.1. The Labute approximate surface area is 102 Å². The van der Waals surface area contributed by atoms with Crippen molar-refractivity contribution >= 4 is 15.7 Å². The van der Waals surface area contributed by atoms with E-state index >= 15 is 0 Å². The van der Waals surface area contributed by atoms with Gasteiger partial charge in [-0.15, -0.1) is 6.58 Å². The molecular weight excluding hydrogens is 238 g/mol. The topological polar surface area (TPSA) is 46.6 Å². The van der Waals surface area contributed by atoms with E-state index < -0.39 is 10.0 Å². The van der Waals surface area contributed by atoms with Crippen molar-refractivity contribution < 1.29 is 13.2 Å². The number of anilines is 1. The number of sulfonamides is 1. The van der Waals surface area contributed by atoms with Gasteiger partial charge in [-0.25, -0.2) is 8.42 Å². The zero-order chi connectivity index (χ0) is 12.3. The van der Waals surface area contributed by atoms with Crippen molar-refractivity contribution in [3.8, 4) is 0 Å². The van der Waals surface area contributed by atoms with Crippen LogP contribution in [0.5, 0.6) is 0 Å². The smallest absolute Gasteiger partial charge is 0.237 e. The van der Waals surface area contributed by atoms with Crippen LogP contribution in [0.2, 0.25) is 0 Å². The van der Waals surface area contributed by atoms with E-state index in [1.165, 1.54) is 4.31 Å². The Morgan fingerprint density at radius 2 is 2.18 bits per heavy atom. The maximum absolute atomic E-state index is 12.1. The molecule has 0 radical (unpaired) electrons. The highest BCUT2D eigenvalue weighted by Gasteiger charge is 2.25. The molecule has 0 spiro atoms. The van der Waals surface area contributed by atoms with E-state index in [1.807, 2.05) is 18.2 Å². The van der Waals surface area contributed by atoms with Crippen molar-refractivity contribution in [1.29, 1.82) is 0 Å². The zero-order valence-corrected chi connectivity index (χ0v) is 10.3. The van der Waals surface area contributed by atoms with Crippen LogP contribution in [-0.2, 0) is 21.4 Å². The van der Waals surface area contributed by atoms with Gasteiger partial charge in [-0.1, -0.05) is 24.3 Å². The summed E-state index contributed by atoms with van der Waals surface area (Å²) in [6.45, 7) is 4.57. The summed E-state index contributed by atoms with van der Waals surface area (Å²) >= 11 is 0. The summed E-state index contributed by atoms with van der Waals surface area (Å²) in [6.07, 6.45) is 1.59. The molecule has 0 fully saturated rings. The summed E-state index contributed by atoms with van der Waals surface area (Å²) in [4.78, 5) is 0. The molecule has 17 heavy (non-hydrogen) atoms. The van der Waals surface area contributed by atoms with Gasteiger partial charge >= 0.3 is 0 Å². The summed E-state index contributed by atoms with van der Waals surface area (Å²) in [7, 11) is -3.32. The van der Waals surface area contributed by atoms with Gasteiger partial charge in [-0.05, 0) is 6.07 Å². The Morgan fingerprint density at radius 1 is 1.41 bits per heavy atom. The summed E-state index contributed by atoms with van der Waals surface area (Å²) in [5, 5.41) is 0. The molecule has 2 rings (SSSR count). The molecule has 1 aliphatic rings. The molecule has 1 aromatic carbocycles. The van der Waals surface area contributed by atoms with E-state index in [-0.39, 0.29) is 12.4 Å². The maximum Gasteiger partial charge on any atom is 0.237 e. The SMILES string of the molecule is C=CCN1c2ccccc2COCCS1(=O)=O. The quantitative estimate of drug-likeness (QED) is 0.751. The average molecular weight is 253 g/mol. The van der Waals surface area contributed by atoms with E-state index in [9.17, 15) is 8.42 Å². The Kier molecular flexibility index (Phi) is 3.49. The van der Waals surface area contributed by atoms with Crippen molar-refractivity contribution in [2.75, 3.05) is 23.2 Å². The monoisotopic (exact) mass is 253 g/mol. The van der Waals surface area contributed by atoms with Crippen LogP contribution in [-0.4, -0.2) is 27.3 Å². The molecule has 0 aromatic heterocycles. The predicted octanol–water partition coefficient (Wildman–Crippen LogP) is 1.54. The van der Waals surface area contributed by atoms with Crippen molar-refractivity contribution in [1.82, 2.24) is 0 Å². The Balaban J connectivity index is 2.52. The van der Waals surface area contributed by atoms with Crippen LogP contribution in [0.15, 0.2) is 36.9 Å². The summed E-state index contributed by atoms with van der Waals surface area (Å²) in [5.74, 6) is 0.00910. The van der Waals surface area contributed by atoms with Crippen molar-refractivity contribution in [3.05, 3.63) is 42.5 Å². The number of benzene rings is 1. The van der Waals surface area contributed by atoms with E-state index in [0.717, 1.165) is 5.56 Å². The van der Waals surface area contributed by atoms with Gasteiger partial charge in [-0.3, -0.25) is 4.31 Å². The third kappa shape index (κ3) is 2.50. The molecule has 0 amide bonds. The molecule has 0 atom stereocenters. The molecule has 4 nitrogen and oxygen atoms in total. The van der Waals surface area contributed by atoms with Gasteiger partial charge < -0.3 is 4.74 Å². The second-order valence-corrected chi connectivity index (χ2v) is 5.83. The first-order valence-corrected chi connectivity index (χ1v) is 7.03. The van der Waals surface area contributed by atoms with Crippen molar-refractivity contribution in [2.45, 2.75) is 6.61 Å². The minimum atomic E-state index is -3.32. The minimum absolute atomic E-state index is 0.00910. The van der Waals surface area contributed by atoms with E-state index in [0.29, 0.717) is 18.8 Å². The van der Waals surface area contributed by atoms with Crippen LogP contribution in [0.3, 0.4) is 0 Å². The third-order valence-corrected chi connectivity index (χ3v) is 4.33. The van der Waals surface area contributed by atoms with Crippen LogP contribution in [0.1, 0.15) is 5.56 Å². The highest BCUT2D eigenvalue weighted by atomic mass is 32.2. The lowest BCUT2D eigenvalue weighted by atomic mass is 10.2. The molecule has 0 saturated heterocycles. The molecule has 0 unspecified atom stereocenters. The van der Waals surface area contributed by atoms with Crippen LogP contribution in [0.4, 0.5) is 5.69 Å². The molecule has 5 heteroatoms. The van der Waals surface area contributed by atoms with Gasteiger partial charge in [0.05, 0.1) is 31.2 Å². The molecule has 0 aliphatic carbocycles. The lowest BCUT2D eigenvalue weighted by Crippen LogP contribution is -2.36. The second-order valence-electron chi connectivity index (χ2n) is 3.82. The molecule has 0 saturated carbocycles. The lowest BCUT2D eigenvalue weighted by molar-refractivity contribution is 0.135. The number of nitrogens with zero attached hydrogens (tertiary/aromatic N) is 1. The van der Waals surface area contributed by atoms with Crippen LogP contribution < -0.4 is 4.31 Å².